The minimum Gasteiger partial charge on any atom is -0.316 e. The predicted octanol–water partition coefficient (Wildman–Crippen LogP) is 3.22. The Labute approximate surface area is 101 Å². The molecule has 88 valence electrons. The van der Waals surface area contributed by atoms with Crippen LogP contribution in [0.5, 0.6) is 0 Å². The summed E-state index contributed by atoms with van der Waals surface area (Å²) in [6.45, 7) is 3.39. The summed E-state index contributed by atoms with van der Waals surface area (Å²) in [6.07, 6.45) is 1.32. The Hall–Kier alpha value is -0.600. The molecule has 0 spiro atoms. The molecular weight excluding hydrogens is 225 g/mol. The van der Waals surface area contributed by atoms with Gasteiger partial charge in [-0.3, -0.25) is 0 Å². The van der Waals surface area contributed by atoms with Crippen LogP contribution in [-0.2, 0) is 6.42 Å². The number of nitrogens with one attached hydrogen (secondary N) is 1. The molecule has 0 bridgehead atoms. The second-order valence-corrected chi connectivity index (χ2v) is 5.14. The first-order valence-corrected chi connectivity index (χ1v) is 6.10. The van der Waals surface area contributed by atoms with Crippen LogP contribution in [0.1, 0.15) is 18.9 Å². The highest BCUT2D eigenvalue weighted by atomic mass is 35.5. The van der Waals surface area contributed by atoms with E-state index in [2.05, 4.69) is 5.32 Å². The van der Waals surface area contributed by atoms with Crippen LogP contribution in [0.25, 0.3) is 0 Å². The molecule has 2 rings (SSSR count). The van der Waals surface area contributed by atoms with Gasteiger partial charge in [0.15, 0.2) is 0 Å². The third kappa shape index (κ3) is 2.55. The zero-order chi connectivity index (χ0) is 11.6. The van der Waals surface area contributed by atoms with Crippen molar-refractivity contribution < 1.29 is 4.39 Å². The lowest BCUT2D eigenvalue weighted by molar-refractivity contribution is 0.113. The topological polar surface area (TPSA) is 12.0 Å². The van der Waals surface area contributed by atoms with Crippen LogP contribution < -0.4 is 5.32 Å². The molecule has 0 aliphatic carbocycles. The van der Waals surface area contributed by atoms with Gasteiger partial charge in [-0.05, 0) is 31.5 Å². The maximum absolute atomic E-state index is 14.6. The van der Waals surface area contributed by atoms with Gasteiger partial charge in [-0.25, -0.2) is 4.39 Å². The van der Waals surface area contributed by atoms with E-state index in [1.807, 2.05) is 24.3 Å². The Morgan fingerprint density at radius 2 is 2.25 bits per heavy atom. The maximum Gasteiger partial charge on any atom is 0.116 e. The summed E-state index contributed by atoms with van der Waals surface area (Å²) < 4.78 is 14.6. The Kier molecular flexibility index (Phi) is 3.50. The summed E-state index contributed by atoms with van der Waals surface area (Å²) >= 11 is 6.05. The number of alkyl halides is 1. The van der Waals surface area contributed by atoms with E-state index < -0.39 is 5.67 Å². The first-order valence-electron chi connectivity index (χ1n) is 5.72. The van der Waals surface area contributed by atoms with Crippen molar-refractivity contribution in [1.29, 1.82) is 0 Å². The van der Waals surface area contributed by atoms with Crippen molar-refractivity contribution in [3.8, 4) is 0 Å². The molecule has 2 unspecified atom stereocenters. The molecular formula is C13H17ClFN. The van der Waals surface area contributed by atoms with E-state index in [0.717, 1.165) is 25.1 Å². The standard InChI is InChI=1S/C13H17ClFN/c1-13(15,11-6-7-16-9-11)8-10-4-2-3-5-12(10)14/h2-5,11,16H,6-9H2,1H3. The van der Waals surface area contributed by atoms with Crippen molar-refractivity contribution in [2.45, 2.75) is 25.4 Å². The second kappa shape index (κ2) is 4.72. The van der Waals surface area contributed by atoms with Gasteiger partial charge in [-0.1, -0.05) is 29.8 Å². The molecule has 0 aromatic heterocycles. The third-order valence-corrected chi connectivity index (χ3v) is 3.77. The summed E-state index contributed by atoms with van der Waals surface area (Å²) in [5.74, 6) is 0.101. The zero-order valence-electron chi connectivity index (χ0n) is 9.47. The van der Waals surface area contributed by atoms with Crippen molar-refractivity contribution in [3.63, 3.8) is 0 Å². The van der Waals surface area contributed by atoms with Crippen LogP contribution in [0.2, 0.25) is 5.02 Å². The van der Waals surface area contributed by atoms with Crippen molar-refractivity contribution in [2.24, 2.45) is 5.92 Å². The molecule has 1 heterocycles. The Bertz CT molecular complexity index is 359. The molecule has 1 nitrogen and oxygen atoms in total. The quantitative estimate of drug-likeness (QED) is 0.857. The average molecular weight is 242 g/mol. The van der Waals surface area contributed by atoms with E-state index in [1.54, 1.807) is 6.92 Å². The van der Waals surface area contributed by atoms with Crippen LogP contribution in [-0.4, -0.2) is 18.8 Å². The van der Waals surface area contributed by atoms with E-state index in [4.69, 9.17) is 11.6 Å². The van der Waals surface area contributed by atoms with Gasteiger partial charge in [0, 0.05) is 23.9 Å². The number of hydrogen-bond acceptors (Lipinski definition) is 1. The molecule has 1 N–H and O–H groups in total. The monoisotopic (exact) mass is 241 g/mol. The number of halogens is 2. The Morgan fingerprint density at radius 3 is 2.88 bits per heavy atom. The van der Waals surface area contributed by atoms with Gasteiger partial charge in [0.05, 0.1) is 0 Å². The largest absolute Gasteiger partial charge is 0.316 e. The lowest BCUT2D eigenvalue weighted by atomic mass is 9.85. The van der Waals surface area contributed by atoms with Crippen LogP contribution in [0, 0.1) is 5.92 Å². The van der Waals surface area contributed by atoms with Gasteiger partial charge < -0.3 is 5.32 Å². The van der Waals surface area contributed by atoms with Gasteiger partial charge >= 0.3 is 0 Å². The fourth-order valence-electron chi connectivity index (χ4n) is 2.33. The highest BCUT2D eigenvalue weighted by molar-refractivity contribution is 6.31. The highest BCUT2D eigenvalue weighted by Crippen LogP contribution is 2.32. The van der Waals surface area contributed by atoms with Crippen LogP contribution in [0.4, 0.5) is 4.39 Å². The molecule has 3 heteroatoms. The van der Waals surface area contributed by atoms with Crippen LogP contribution >= 0.6 is 11.6 Å². The van der Waals surface area contributed by atoms with Crippen molar-refractivity contribution in [2.75, 3.05) is 13.1 Å². The molecule has 0 radical (unpaired) electrons. The number of hydrogen-bond donors (Lipinski definition) is 1. The van der Waals surface area contributed by atoms with Crippen molar-refractivity contribution >= 4 is 11.6 Å². The third-order valence-electron chi connectivity index (χ3n) is 3.41. The molecule has 0 saturated carbocycles. The second-order valence-electron chi connectivity index (χ2n) is 4.74. The maximum atomic E-state index is 14.6. The van der Waals surface area contributed by atoms with Gasteiger partial charge in [-0.2, -0.15) is 0 Å². The van der Waals surface area contributed by atoms with E-state index in [-0.39, 0.29) is 5.92 Å². The van der Waals surface area contributed by atoms with E-state index in [9.17, 15) is 4.39 Å². The molecule has 1 aliphatic heterocycles. The van der Waals surface area contributed by atoms with E-state index >= 15 is 0 Å². The summed E-state index contributed by atoms with van der Waals surface area (Å²) in [6, 6.07) is 7.51. The molecule has 1 aromatic rings. The summed E-state index contributed by atoms with van der Waals surface area (Å²) in [5, 5.41) is 3.87. The zero-order valence-corrected chi connectivity index (χ0v) is 10.2. The first kappa shape index (κ1) is 11.9. The molecule has 1 aromatic carbocycles. The van der Waals surface area contributed by atoms with E-state index in [1.165, 1.54) is 0 Å². The molecule has 1 aliphatic rings. The minimum atomic E-state index is -1.17. The van der Waals surface area contributed by atoms with Gasteiger partial charge in [-0.15, -0.1) is 0 Å². The van der Waals surface area contributed by atoms with Gasteiger partial charge in [0.2, 0.25) is 0 Å². The lowest BCUT2D eigenvalue weighted by Gasteiger charge is -2.27. The summed E-state index contributed by atoms with van der Waals surface area (Å²) in [5.41, 5.74) is -0.268. The first-order chi connectivity index (χ1) is 7.59. The molecule has 0 amide bonds. The summed E-state index contributed by atoms with van der Waals surface area (Å²) in [7, 11) is 0. The van der Waals surface area contributed by atoms with Crippen LogP contribution in [0.3, 0.4) is 0 Å². The van der Waals surface area contributed by atoms with Gasteiger partial charge in [0.1, 0.15) is 5.67 Å². The molecule has 1 fully saturated rings. The predicted molar refractivity (Wildman–Crippen MR) is 65.6 cm³/mol. The lowest BCUT2D eigenvalue weighted by Crippen LogP contribution is -2.33. The SMILES string of the molecule is CC(F)(Cc1ccccc1Cl)C1CCNC1. The Morgan fingerprint density at radius 1 is 1.50 bits per heavy atom. The molecule has 2 atom stereocenters. The van der Waals surface area contributed by atoms with Gasteiger partial charge in [0.25, 0.3) is 0 Å². The number of rotatable bonds is 3. The highest BCUT2D eigenvalue weighted by Gasteiger charge is 2.36. The number of benzene rings is 1. The fraction of sp³-hybridized carbons (Fsp3) is 0.538. The Balaban J connectivity index is 2.10. The average Bonchev–Trinajstić information content (AvgIpc) is 2.75. The normalized spacial score (nSPS) is 24.3. The molecule has 1 saturated heterocycles. The van der Waals surface area contributed by atoms with Crippen molar-refractivity contribution in [3.05, 3.63) is 34.9 Å². The molecule has 16 heavy (non-hydrogen) atoms. The fourth-order valence-corrected chi connectivity index (χ4v) is 2.53. The van der Waals surface area contributed by atoms with Crippen molar-refractivity contribution in [1.82, 2.24) is 5.32 Å². The summed E-state index contributed by atoms with van der Waals surface area (Å²) in [4.78, 5) is 0. The minimum absolute atomic E-state index is 0.101. The van der Waals surface area contributed by atoms with Crippen LogP contribution in [0.15, 0.2) is 24.3 Å². The van der Waals surface area contributed by atoms with E-state index in [0.29, 0.717) is 11.4 Å². The smallest absolute Gasteiger partial charge is 0.116 e.